The van der Waals surface area contributed by atoms with E-state index in [2.05, 4.69) is 23.9 Å². The van der Waals surface area contributed by atoms with Gasteiger partial charge in [-0.3, -0.25) is 9.80 Å². The van der Waals surface area contributed by atoms with Crippen LogP contribution in [0.1, 0.15) is 51.4 Å². The van der Waals surface area contributed by atoms with Gasteiger partial charge in [-0.25, -0.2) is 0 Å². The molecule has 0 spiro atoms. The Bertz CT molecular complexity index is 185. The Kier molecular flexibility index (Phi) is 4.66. The Morgan fingerprint density at radius 2 is 1.12 bits per heavy atom. The van der Waals surface area contributed by atoms with Gasteiger partial charge < -0.3 is 0 Å². The third-order valence-corrected chi connectivity index (χ3v) is 4.53. The summed E-state index contributed by atoms with van der Waals surface area (Å²) in [5.74, 6) is 0.926. The van der Waals surface area contributed by atoms with Crippen LogP contribution in [0.2, 0.25) is 0 Å². The van der Waals surface area contributed by atoms with E-state index in [0.717, 1.165) is 12.1 Å². The quantitative estimate of drug-likeness (QED) is 0.675. The molecule has 0 bridgehead atoms. The Hall–Kier alpha value is -0.0800. The van der Waals surface area contributed by atoms with Crippen LogP contribution in [0.3, 0.4) is 0 Å². The van der Waals surface area contributed by atoms with Crippen molar-refractivity contribution in [3.05, 3.63) is 0 Å². The van der Waals surface area contributed by atoms with Crippen LogP contribution >= 0.6 is 0 Å². The molecule has 2 fully saturated rings. The number of hydrogen-bond acceptors (Lipinski definition) is 2. The molecular formula is C14H28N2. The second-order valence-electron chi connectivity index (χ2n) is 5.83. The van der Waals surface area contributed by atoms with Gasteiger partial charge in [-0.2, -0.15) is 0 Å². The first kappa shape index (κ1) is 12.4. The van der Waals surface area contributed by atoms with Crippen LogP contribution in [-0.4, -0.2) is 43.2 Å². The molecule has 1 aliphatic heterocycles. The van der Waals surface area contributed by atoms with Crippen molar-refractivity contribution in [2.24, 2.45) is 5.92 Å². The molecule has 0 unspecified atom stereocenters. The monoisotopic (exact) mass is 224 g/mol. The molecule has 0 aromatic carbocycles. The van der Waals surface area contributed by atoms with Gasteiger partial charge in [0.25, 0.3) is 0 Å². The van der Waals surface area contributed by atoms with E-state index in [0.29, 0.717) is 0 Å². The van der Waals surface area contributed by atoms with Gasteiger partial charge in [-0.15, -0.1) is 0 Å². The van der Waals surface area contributed by atoms with Gasteiger partial charge >= 0.3 is 0 Å². The molecule has 0 atom stereocenters. The lowest BCUT2D eigenvalue weighted by Crippen LogP contribution is -2.41. The zero-order chi connectivity index (χ0) is 11.4. The standard InChI is InChI=1S/C14H28N2/c1-15-11-12-16(2)14(15)13-9-7-5-3-4-6-8-10-13/h13-14H,3-12H2,1-2H3. The maximum absolute atomic E-state index is 2.57. The third-order valence-electron chi connectivity index (χ3n) is 4.53. The molecule has 0 N–H and O–H groups in total. The average Bonchev–Trinajstić information content (AvgIpc) is 2.65. The minimum Gasteiger partial charge on any atom is -0.289 e. The van der Waals surface area contributed by atoms with Gasteiger partial charge in [-0.05, 0) is 32.9 Å². The first-order valence-electron chi connectivity index (χ1n) is 7.19. The lowest BCUT2D eigenvalue weighted by atomic mass is 9.93. The maximum Gasteiger partial charge on any atom is 0.0647 e. The second-order valence-corrected chi connectivity index (χ2v) is 5.83. The summed E-state index contributed by atoms with van der Waals surface area (Å²) in [6.07, 6.45) is 12.5. The molecule has 0 aromatic rings. The normalized spacial score (nSPS) is 28.9. The maximum atomic E-state index is 2.57. The Morgan fingerprint density at radius 3 is 1.62 bits per heavy atom. The summed E-state index contributed by atoms with van der Waals surface area (Å²) in [4.78, 5) is 5.14. The van der Waals surface area contributed by atoms with E-state index in [1.807, 2.05) is 0 Å². The summed E-state index contributed by atoms with van der Waals surface area (Å²) < 4.78 is 0. The van der Waals surface area contributed by atoms with E-state index in [1.165, 1.54) is 64.5 Å². The molecule has 2 heteroatoms. The summed E-state index contributed by atoms with van der Waals surface area (Å²) in [6, 6.07) is 0. The van der Waals surface area contributed by atoms with E-state index in [9.17, 15) is 0 Å². The first-order chi connectivity index (χ1) is 7.79. The number of likely N-dealkylation sites (N-methyl/N-ethyl adjacent to an activating group) is 2. The topological polar surface area (TPSA) is 6.48 Å². The zero-order valence-electron chi connectivity index (χ0n) is 11.1. The number of hydrogen-bond donors (Lipinski definition) is 0. The van der Waals surface area contributed by atoms with Gasteiger partial charge in [0.15, 0.2) is 0 Å². The van der Waals surface area contributed by atoms with Gasteiger partial charge in [0, 0.05) is 13.1 Å². The summed E-state index contributed by atoms with van der Waals surface area (Å²) >= 11 is 0. The molecule has 2 aliphatic rings. The third kappa shape index (κ3) is 2.98. The zero-order valence-corrected chi connectivity index (χ0v) is 11.1. The SMILES string of the molecule is CN1CCN(C)C1C1CCCCCCCC1. The molecule has 2 nitrogen and oxygen atoms in total. The largest absolute Gasteiger partial charge is 0.289 e. The van der Waals surface area contributed by atoms with Crippen LogP contribution in [0.15, 0.2) is 0 Å². The fraction of sp³-hybridized carbons (Fsp3) is 1.00. The molecule has 1 saturated carbocycles. The summed E-state index contributed by atoms with van der Waals surface area (Å²) in [5.41, 5.74) is 0. The minimum absolute atomic E-state index is 0.734. The smallest absolute Gasteiger partial charge is 0.0647 e. The van der Waals surface area contributed by atoms with Gasteiger partial charge in [0.05, 0.1) is 6.17 Å². The molecule has 1 saturated heterocycles. The summed E-state index contributed by atoms with van der Waals surface area (Å²) in [6.45, 7) is 2.52. The van der Waals surface area contributed by atoms with E-state index in [1.54, 1.807) is 0 Å². The van der Waals surface area contributed by atoms with Crippen molar-refractivity contribution in [3.8, 4) is 0 Å². The highest BCUT2D eigenvalue weighted by Gasteiger charge is 2.32. The first-order valence-corrected chi connectivity index (χ1v) is 7.19. The van der Waals surface area contributed by atoms with E-state index >= 15 is 0 Å². The lowest BCUT2D eigenvalue weighted by molar-refractivity contribution is 0.103. The average molecular weight is 224 g/mol. The van der Waals surface area contributed by atoms with Gasteiger partial charge in [0.1, 0.15) is 0 Å². The molecule has 0 aromatic heterocycles. The Balaban J connectivity index is 1.93. The lowest BCUT2D eigenvalue weighted by Gasteiger charge is -2.33. The highest BCUT2D eigenvalue weighted by molar-refractivity contribution is 4.83. The number of rotatable bonds is 1. The van der Waals surface area contributed by atoms with Crippen molar-refractivity contribution in [3.63, 3.8) is 0 Å². The van der Waals surface area contributed by atoms with Crippen molar-refractivity contribution in [2.45, 2.75) is 57.5 Å². The van der Waals surface area contributed by atoms with Crippen LogP contribution in [0.25, 0.3) is 0 Å². The Labute approximate surface area is 101 Å². The second kappa shape index (κ2) is 6.02. The van der Waals surface area contributed by atoms with E-state index < -0.39 is 0 Å². The Morgan fingerprint density at radius 1 is 0.688 bits per heavy atom. The molecule has 1 heterocycles. The molecule has 16 heavy (non-hydrogen) atoms. The van der Waals surface area contributed by atoms with Crippen LogP contribution in [0.4, 0.5) is 0 Å². The fourth-order valence-electron chi connectivity index (χ4n) is 3.60. The van der Waals surface area contributed by atoms with Crippen molar-refractivity contribution >= 4 is 0 Å². The molecule has 0 amide bonds. The highest BCUT2D eigenvalue weighted by Crippen LogP contribution is 2.29. The molecular weight excluding hydrogens is 196 g/mol. The minimum atomic E-state index is 0.734. The fourth-order valence-corrected chi connectivity index (χ4v) is 3.60. The molecule has 94 valence electrons. The number of nitrogens with zero attached hydrogens (tertiary/aromatic N) is 2. The van der Waals surface area contributed by atoms with Gasteiger partial charge in [0.2, 0.25) is 0 Å². The summed E-state index contributed by atoms with van der Waals surface area (Å²) in [7, 11) is 4.61. The molecule has 2 rings (SSSR count). The van der Waals surface area contributed by atoms with Crippen LogP contribution in [-0.2, 0) is 0 Å². The van der Waals surface area contributed by atoms with Crippen molar-refractivity contribution in [2.75, 3.05) is 27.2 Å². The summed E-state index contributed by atoms with van der Waals surface area (Å²) in [5, 5.41) is 0. The predicted octanol–water partition coefficient (Wildman–Crippen LogP) is 2.94. The van der Waals surface area contributed by atoms with Crippen LogP contribution in [0.5, 0.6) is 0 Å². The van der Waals surface area contributed by atoms with Crippen molar-refractivity contribution in [1.82, 2.24) is 9.80 Å². The van der Waals surface area contributed by atoms with Gasteiger partial charge in [-0.1, -0.05) is 38.5 Å². The highest BCUT2D eigenvalue weighted by atomic mass is 15.4. The van der Waals surface area contributed by atoms with E-state index in [4.69, 9.17) is 0 Å². The predicted molar refractivity (Wildman–Crippen MR) is 69.5 cm³/mol. The molecule has 0 radical (unpaired) electrons. The van der Waals surface area contributed by atoms with E-state index in [-0.39, 0.29) is 0 Å². The van der Waals surface area contributed by atoms with Crippen LogP contribution in [0, 0.1) is 5.92 Å². The van der Waals surface area contributed by atoms with Crippen molar-refractivity contribution < 1.29 is 0 Å². The van der Waals surface area contributed by atoms with Crippen molar-refractivity contribution in [1.29, 1.82) is 0 Å². The molecule has 1 aliphatic carbocycles. The van der Waals surface area contributed by atoms with Crippen LogP contribution < -0.4 is 0 Å².